The van der Waals surface area contributed by atoms with E-state index >= 15 is 0 Å². The first-order valence-electron chi connectivity index (χ1n) is 10.4. The van der Waals surface area contributed by atoms with E-state index in [2.05, 4.69) is 0 Å². The third-order valence-corrected chi connectivity index (χ3v) is 5.05. The van der Waals surface area contributed by atoms with Crippen LogP contribution in [0.3, 0.4) is 0 Å². The molecule has 1 aromatic carbocycles. The van der Waals surface area contributed by atoms with Crippen LogP contribution in [0.25, 0.3) is 11.0 Å². The zero-order valence-corrected chi connectivity index (χ0v) is 18.7. The Morgan fingerprint density at radius 1 is 0.969 bits per heavy atom. The largest absolute Gasteiger partial charge is 0.457 e. The van der Waals surface area contributed by atoms with E-state index in [0.717, 1.165) is 0 Å². The van der Waals surface area contributed by atoms with Gasteiger partial charge in [0.15, 0.2) is 5.78 Å². The van der Waals surface area contributed by atoms with Gasteiger partial charge in [-0.25, -0.2) is 14.4 Å². The highest BCUT2D eigenvalue weighted by atomic mass is 16.6. The average molecular weight is 446 g/mol. The second-order valence-electron chi connectivity index (χ2n) is 8.39. The minimum absolute atomic E-state index is 0.00601. The summed E-state index contributed by atoms with van der Waals surface area (Å²) in [7, 11) is 0. The van der Waals surface area contributed by atoms with Crippen LogP contribution in [0.15, 0.2) is 16.9 Å². The Balaban J connectivity index is 2.27. The van der Waals surface area contributed by atoms with E-state index in [-0.39, 0.29) is 48.4 Å². The smallest absolute Gasteiger partial charge is 0.422 e. The van der Waals surface area contributed by atoms with E-state index in [0.29, 0.717) is 14.7 Å². The number of carbonyl (C=O) groups is 4. The molecule has 0 aliphatic heterocycles. The number of Topliss-reactive ketones (excluding diaryl/α,β-unsaturated/α-hetero) is 1. The average Bonchev–Trinajstić information content (AvgIpc) is 2.99. The Labute approximate surface area is 184 Å². The zero-order valence-electron chi connectivity index (χ0n) is 18.7. The molecule has 32 heavy (non-hydrogen) atoms. The Morgan fingerprint density at radius 2 is 1.50 bits per heavy atom. The molecule has 0 bridgehead atoms. The Kier molecular flexibility index (Phi) is 6.25. The van der Waals surface area contributed by atoms with E-state index in [4.69, 9.17) is 14.2 Å². The van der Waals surface area contributed by atoms with Gasteiger partial charge in [0.05, 0.1) is 29.7 Å². The normalized spacial score (nSPS) is 15.9. The SMILES string of the molecule is CCOC(=O)n1c(=O)n(C(=O)OCC)c2cc3c(cc21)C(=O)CCC3OC(=O)C(C)(C)C. The second kappa shape index (κ2) is 8.60. The van der Waals surface area contributed by atoms with Crippen molar-refractivity contribution < 1.29 is 33.4 Å². The van der Waals surface area contributed by atoms with Crippen molar-refractivity contribution in [2.24, 2.45) is 5.41 Å². The molecule has 0 N–H and O–H groups in total. The van der Waals surface area contributed by atoms with Gasteiger partial charge in [0.2, 0.25) is 0 Å². The molecule has 0 saturated carbocycles. The summed E-state index contributed by atoms with van der Waals surface area (Å²) in [6.07, 6.45) is -2.31. The van der Waals surface area contributed by atoms with E-state index < -0.39 is 35.4 Å². The molecule has 0 fully saturated rings. The molecular formula is C22H26N2O8. The van der Waals surface area contributed by atoms with Crippen molar-refractivity contribution in [2.75, 3.05) is 13.2 Å². The molecule has 172 valence electrons. The van der Waals surface area contributed by atoms with Gasteiger partial charge in [0.25, 0.3) is 0 Å². The predicted octanol–water partition coefficient (Wildman–Crippen LogP) is 3.42. The van der Waals surface area contributed by atoms with Crippen molar-refractivity contribution in [3.05, 3.63) is 33.7 Å². The minimum Gasteiger partial charge on any atom is -0.457 e. The summed E-state index contributed by atoms with van der Waals surface area (Å²) in [5.74, 6) is -0.675. The fourth-order valence-corrected chi connectivity index (χ4v) is 3.47. The predicted molar refractivity (Wildman–Crippen MR) is 113 cm³/mol. The fraction of sp³-hybridized carbons (Fsp3) is 0.500. The first kappa shape index (κ1) is 23.2. The van der Waals surface area contributed by atoms with Crippen LogP contribution in [0.1, 0.15) is 69.5 Å². The first-order valence-corrected chi connectivity index (χ1v) is 10.4. The highest BCUT2D eigenvalue weighted by Crippen LogP contribution is 2.36. The van der Waals surface area contributed by atoms with E-state index in [9.17, 15) is 24.0 Å². The Bertz CT molecular complexity index is 1170. The number of hydrogen-bond acceptors (Lipinski definition) is 8. The molecular weight excluding hydrogens is 420 g/mol. The summed E-state index contributed by atoms with van der Waals surface area (Å²) in [6.45, 7) is 8.31. The standard InChI is InChI=1S/C22H26N2O8/c1-6-30-20(28)23-14-10-12-13(11-15(14)24(19(23)27)21(29)31-7-2)17(9-8-16(12)25)32-18(26)22(3,4)5/h10-11,17H,6-9H2,1-5H3. The molecule has 2 aromatic rings. The number of carbonyl (C=O) groups excluding carboxylic acids is 4. The lowest BCUT2D eigenvalue weighted by atomic mass is 9.87. The molecule has 1 unspecified atom stereocenters. The van der Waals surface area contributed by atoms with Gasteiger partial charge in [-0.05, 0) is 53.2 Å². The van der Waals surface area contributed by atoms with Gasteiger partial charge in [-0.15, -0.1) is 0 Å². The van der Waals surface area contributed by atoms with Gasteiger partial charge in [0, 0.05) is 17.5 Å². The molecule has 10 nitrogen and oxygen atoms in total. The van der Waals surface area contributed by atoms with Gasteiger partial charge < -0.3 is 14.2 Å². The van der Waals surface area contributed by atoms with Crippen LogP contribution in [0.2, 0.25) is 0 Å². The third kappa shape index (κ3) is 4.04. The summed E-state index contributed by atoms with van der Waals surface area (Å²) in [5.41, 5.74) is -1.08. The highest BCUT2D eigenvalue weighted by Gasteiger charge is 2.34. The van der Waals surface area contributed by atoms with Crippen LogP contribution in [0.4, 0.5) is 9.59 Å². The summed E-state index contributed by atoms with van der Waals surface area (Å²) in [5, 5.41) is 0. The van der Waals surface area contributed by atoms with Crippen molar-refractivity contribution in [2.45, 2.75) is 53.6 Å². The van der Waals surface area contributed by atoms with Crippen LogP contribution >= 0.6 is 0 Å². The Morgan fingerprint density at radius 3 is 2.00 bits per heavy atom. The van der Waals surface area contributed by atoms with E-state index in [1.54, 1.807) is 34.6 Å². The van der Waals surface area contributed by atoms with Gasteiger partial charge >= 0.3 is 23.8 Å². The number of imidazole rings is 1. The van der Waals surface area contributed by atoms with E-state index in [1.165, 1.54) is 12.1 Å². The number of rotatable bonds is 3. The molecule has 1 aromatic heterocycles. The maximum absolute atomic E-state index is 13.0. The van der Waals surface area contributed by atoms with Crippen LogP contribution in [0.5, 0.6) is 0 Å². The number of ketones is 1. The molecule has 1 heterocycles. The molecule has 0 amide bonds. The fourth-order valence-electron chi connectivity index (χ4n) is 3.47. The van der Waals surface area contributed by atoms with Crippen molar-refractivity contribution in [1.29, 1.82) is 0 Å². The number of nitrogens with zero attached hydrogens (tertiary/aromatic N) is 2. The third-order valence-electron chi connectivity index (χ3n) is 5.05. The van der Waals surface area contributed by atoms with Gasteiger partial charge in [-0.2, -0.15) is 9.13 Å². The molecule has 0 radical (unpaired) electrons. The molecule has 1 aliphatic rings. The molecule has 1 aliphatic carbocycles. The lowest BCUT2D eigenvalue weighted by Gasteiger charge is -2.28. The minimum atomic E-state index is -0.982. The second-order valence-corrected chi connectivity index (χ2v) is 8.39. The zero-order chi connectivity index (χ0) is 23.8. The molecule has 0 spiro atoms. The molecule has 3 rings (SSSR count). The number of hydrogen-bond donors (Lipinski definition) is 0. The quantitative estimate of drug-likeness (QED) is 0.519. The summed E-state index contributed by atoms with van der Waals surface area (Å²) < 4.78 is 17.0. The number of benzene rings is 1. The number of fused-ring (bicyclic) bond motifs is 2. The number of ether oxygens (including phenoxy) is 3. The maximum atomic E-state index is 13.0. The number of esters is 1. The van der Waals surface area contributed by atoms with Crippen molar-refractivity contribution in [3.8, 4) is 0 Å². The molecule has 10 heteroatoms. The van der Waals surface area contributed by atoms with Crippen molar-refractivity contribution in [3.63, 3.8) is 0 Å². The van der Waals surface area contributed by atoms with Crippen LogP contribution < -0.4 is 5.69 Å². The topological polar surface area (TPSA) is 123 Å². The van der Waals surface area contributed by atoms with Gasteiger partial charge in [0.1, 0.15) is 6.10 Å². The highest BCUT2D eigenvalue weighted by molar-refractivity contribution is 6.04. The first-order chi connectivity index (χ1) is 15.0. The molecule has 0 saturated heterocycles. The van der Waals surface area contributed by atoms with Crippen LogP contribution in [-0.2, 0) is 19.0 Å². The lowest BCUT2D eigenvalue weighted by molar-refractivity contribution is -0.159. The molecule has 1 atom stereocenters. The monoisotopic (exact) mass is 446 g/mol. The number of aromatic nitrogens is 2. The summed E-state index contributed by atoms with van der Waals surface area (Å²) >= 11 is 0. The van der Waals surface area contributed by atoms with Crippen LogP contribution in [-0.4, -0.2) is 46.3 Å². The summed E-state index contributed by atoms with van der Waals surface area (Å²) in [4.78, 5) is 63.1. The van der Waals surface area contributed by atoms with Gasteiger partial charge in [-0.3, -0.25) is 9.59 Å². The van der Waals surface area contributed by atoms with E-state index in [1.807, 2.05) is 0 Å². The van der Waals surface area contributed by atoms with Crippen molar-refractivity contribution >= 4 is 35.0 Å². The summed E-state index contributed by atoms with van der Waals surface area (Å²) in [6, 6.07) is 2.79. The lowest BCUT2D eigenvalue weighted by Crippen LogP contribution is -2.33. The van der Waals surface area contributed by atoms with Crippen LogP contribution in [0, 0.1) is 5.41 Å². The maximum Gasteiger partial charge on any atom is 0.422 e. The Hall–Kier alpha value is -3.43. The van der Waals surface area contributed by atoms with Crippen molar-refractivity contribution in [1.82, 2.24) is 9.13 Å². The van der Waals surface area contributed by atoms with Gasteiger partial charge in [-0.1, -0.05) is 0 Å².